The standard InChI is InChI=1S/C9H5F2N3O/c10-9(11)8-7(15)3-5(4-13)6(14-8)1-2-12/h3,9,15H,1H2. The van der Waals surface area contributed by atoms with E-state index in [4.69, 9.17) is 15.6 Å². The Morgan fingerprint density at radius 1 is 1.47 bits per heavy atom. The van der Waals surface area contributed by atoms with Gasteiger partial charge in [0, 0.05) is 6.07 Å². The summed E-state index contributed by atoms with van der Waals surface area (Å²) in [5.74, 6) is -0.733. The van der Waals surface area contributed by atoms with Gasteiger partial charge in [-0.1, -0.05) is 0 Å². The van der Waals surface area contributed by atoms with E-state index in [1.54, 1.807) is 12.1 Å². The minimum absolute atomic E-state index is 0.0481. The molecule has 0 saturated heterocycles. The van der Waals surface area contributed by atoms with Gasteiger partial charge in [0.1, 0.15) is 17.5 Å². The number of alkyl halides is 2. The van der Waals surface area contributed by atoms with Gasteiger partial charge in [0.25, 0.3) is 6.43 Å². The number of hydrogen-bond donors (Lipinski definition) is 1. The number of nitriles is 2. The van der Waals surface area contributed by atoms with Crippen molar-refractivity contribution < 1.29 is 13.9 Å². The molecule has 15 heavy (non-hydrogen) atoms. The molecule has 0 aliphatic rings. The van der Waals surface area contributed by atoms with Gasteiger partial charge >= 0.3 is 0 Å². The zero-order chi connectivity index (χ0) is 11.4. The molecule has 0 atom stereocenters. The van der Waals surface area contributed by atoms with Crippen molar-refractivity contribution in [2.75, 3.05) is 0 Å². The van der Waals surface area contributed by atoms with Crippen molar-refractivity contribution in [3.05, 3.63) is 23.0 Å². The van der Waals surface area contributed by atoms with Crippen LogP contribution in [-0.4, -0.2) is 10.1 Å². The average molecular weight is 209 g/mol. The third-order valence-corrected chi connectivity index (χ3v) is 1.68. The summed E-state index contributed by atoms with van der Waals surface area (Å²) in [7, 11) is 0. The van der Waals surface area contributed by atoms with Crippen LogP contribution in [0.25, 0.3) is 0 Å². The quantitative estimate of drug-likeness (QED) is 0.803. The summed E-state index contributed by atoms with van der Waals surface area (Å²) >= 11 is 0. The summed E-state index contributed by atoms with van der Waals surface area (Å²) in [6, 6.07) is 4.26. The van der Waals surface area contributed by atoms with Gasteiger partial charge in [-0.25, -0.2) is 13.8 Å². The molecule has 0 spiro atoms. The van der Waals surface area contributed by atoms with E-state index in [1.807, 2.05) is 0 Å². The molecule has 1 aromatic rings. The predicted octanol–water partition coefficient (Wildman–Crippen LogP) is 1.66. The number of nitrogens with zero attached hydrogens (tertiary/aromatic N) is 3. The second-order valence-electron chi connectivity index (χ2n) is 2.63. The van der Waals surface area contributed by atoms with E-state index in [9.17, 15) is 8.78 Å². The number of pyridine rings is 1. The fourth-order valence-electron chi connectivity index (χ4n) is 1.02. The van der Waals surface area contributed by atoms with Gasteiger partial charge in [0.2, 0.25) is 0 Å². The topological polar surface area (TPSA) is 80.7 Å². The highest BCUT2D eigenvalue weighted by molar-refractivity contribution is 5.42. The number of rotatable bonds is 2. The molecule has 1 heterocycles. The van der Waals surface area contributed by atoms with E-state index in [0.29, 0.717) is 0 Å². The van der Waals surface area contributed by atoms with Crippen LogP contribution in [0.5, 0.6) is 5.75 Å². The molecule has 0 bridgehead atoms. The van der Waals surface area contributed by atoms with E-state index in [1.165, 1.54) is 0 Å². The molecule has 1 N–H and O–H groups in total. The zero-order valence-electron chi connectivity index (χ0n) is 7.41. The summed E-state index contributed by atoms with van der Waals surface area (Å²) in [5, 5.41) is 26.1. The Balaban J connectivity index is 3.33. The Hall–Kier alpha value is -2.21. The van der Waals surface area contributed by atoms with Crippen molar-refractivity contribution in [1.29, 1.82) is 10.5 Å². The molecule has 1 aromatic heterocycles. The highest BCUT2D eigenvalue weighted by Gasteiger charge is 2.18. The van der Waals surface area contributed by atoms with E-state index in [0.717, 1.165) is 6.07 Å². The lowest BCUT2D eigenvalue weighted by atomic mass is 10.1. The fraction of sp³-hybridized carbons (Fsp3) is 0.222. The number of aromatic nitrogens is 1. The maximum absolute atomic E-state index is 12.3. The first-order chi connectivity index (χ1) is 7.10. The first-order valence-corrected chi connectivity index (χ1v) is 3.88. The van der Waals surface area contributed by atoms with Crippen LogP contribution in [0.2, 0.25) is 0 Å². The first kappa shape index (κ1) is 10.9. The molecule has 0 radical (unpaired) electrons. The SMILES string of the molecule is N#CCc1nc(C(F)F)c(O)cc1C#N. The van der Waals surface area contributed by atoms with Crippen LogP contribution >= 0.6 is 0 Å². The molecule has 0 aliphatic carbocycles. The average Bonchev–Trinajstić information content (AvgIpc) is 2.20. The predicted molar refractivity (Wildman–Crippen MR) is 44.9 cm³/mol. The fourth-order valence-corrected chi connectivity index (χ4v) is 1.02. The van der Waals surface area contributed by atoms with Crippen LogP contribution in [0.4, 0.5) is 8.78 Å². The monoisotopic (exact) mass is 209 g/mol. The molecule has 1 rings (SSSR count). The number of halogens is 2. The Kier molecular flexibility index (Phi) is 3.14. The molecule has 6 heteroatoms. The summed E-state index contributed by atoms with van der Waals surface area (Å²) in [4.78, 5) is 3.39. The number of hydrogen-bond acceptors (Lipinski definition) is 4. The normalized spacial score (nSPS) is 9.67. The van der Waals surface area contributed by atoms with Crippen molar-refractivity contribution in [2.45, 2.75) is 12.8 Å². The molecule has 0 unspecified atom stereocenters. The molecule has 0 amide bonds. The van der Waals surface area contributed by atoms with Gasteiger partial charge in [-0.05, 0) is 0 Å². The second-order valence-corrected chi connectivity index (χ2v) is 2.63. The van der Waals surface area contributed by atoms with Crippen LogP contribution in [-0.2, 0) is 6.42 Å². The maximum atomic E-state index is 12.3. The molecular weight excluding hydrogens is 204 g/mol. The minimum Gasteiger partial charge on any atom is -0.506 e. The molecule has 4 nitrogen and oxygen atoms in total. The van der Waals surface area contributed by atoms with Crippen LogP contribution in [0, 0.1) is 22.7 Å². The third-order valence-electron chi connectivity index (χ3n) is 1.68. The summed E-state index contributed by atoms with van der Waals surface area (Å²) in [5.41, 5.74) is -0.925. The van der Waals surface area contributed by atoms with Crippen molar-refractivity contribution in [2.24, 2.45) is 0 Å². The highest BCUT2D eigenvalue weighted by atomic mass is 19.3. The van der Waals surface area contributed by atoms with E-state index in [2.05, 4.69) is 4.98 Å². The molecule has 76 valence electrons. The summed E-state index contributed by atoms with van der Waals surface area (Å²) in [6.45, 7) is 0. The lowest BCUT2D eigenvalue weighted by Crippen LogP contribution is -2.00. The summed E-state index contributed by atoms with van der Waals surface area (Å²) in [6.07, 6.45) is -3.18. The van der Waals surface area contributed by atoms with Crippen LogP contribution < -0.4 is 0 Å². The lowest BCUT2D eigenvalue weighted by Gasteiger charge is -2.05. The van der Waals surface area contributed by atoms with Crippen LogP contribution in [0.3, 0.4) is 0 Å². The zero-order valence-corrected chi connectivity index (χ0v) is 7.41. The second kappa shape index (κ2) is 4.34. The molecule has 0 aromatic carbocycles. The number of aromatic hydroxyl groups is 1. The van der Waals surface area contributed by atoms with Crippen LogP contribution in [0.1, 0.15) is 23.4 Å². The van der Waals surface area contributed by atoms with Gasteiger partial charge in [-0.3, -0.25) is 0 Å². The maximum Gasteiger partial charge on any atom is 0.284 e. The Morgan fingerprint density at radius 2 is 2.13 bits per heavy atom. The third kappa shape index (κ3) is 2.18. The smallest absolute Gasteiger partial charge is 0.284 e. The molecular formula is C9H5F2N3O. The Bertz CT molecular complexity index is 460. The lowest BCUT2D eigenvalue weighted by molar-refractivity contribution is 0.141. The largest absolute Gasteiger partial charge is 0.506 e. The van der Waals surface area contributed by atoms with Gasteiger partial charge in [0.15, 0.2) is 0 Å². The van der Waals surface area contributed by atoms with E-state index >= 15 is 0 Å². The van der Waals surface area contributed by atoms with E-state index in [-0.39, 0.29) is 17.7 Å². The minimum atomic E-state index is -2.94. The van der Waals surface area contributed by atoms with E-state index < -0.39 is 17.9 Å². The van der Waals surface area contributed by atoms with Gasteiger partial charge in [-0.15, -0.1) is 0 Å². The first-order valence-electron chi connectivity index (χ1n) is 3.88. The molecule has 0 saturated carbocycles. The van der Waals surface area contributed by atoms with Crippen LogP contribution in [0.15, 0.2) is 6.07 Å². The Labute approximate surface area is 84.0 Å². The molecule has 0 fully saturated rings. The Morgan fingerprint density at radius 3 is 2.60 bits per heavy atom. The van der Waals surface area contributed by atoms with Gasteiger partial charge < -0.3 is 5.11 Å². The van der Waals surface area contributed by atoms with Crippen molar-refractivity contribution >= 4 is 0 Å². The molecule has 0 aliphatic heterocycles. The van der Waals surface area contributed by atoms with Crippen molar-refractivity contribution in [1.82, 2.24) is 4.98 Å². The van der Waals surface area contributed by atoms with Gasteiger partial charge in [-0.2, -0.15) is 10.5 Å². The van der Waals surface area contributed by atoms with Crippen molar-refractivity contribution in [3.8, 4) is 17.9 Å². The summed E-state index contributed by atoms with van der Waals surface area (Å²) < 4.78 is 24.6. The van der Waals surface area contributed by atoms with Gasteiger partial charge in [0.05, 0.1) is 23.7 Å². The highest BCUT2D eigenvalue weighted by Crippen LogP contribution is 2.27. The van der Waals surface area contributed by atoms with Crippen molar-refractivity contribution in [3.63, 3.8) is 0 Å².